The van der Waals surface area contributed by atoms with Gasteiger partial charge in [0, 0.05) is 0 Å². The number of aliphatic hydroxyl groups is 2. The van der Waals surface area contributed by atoms with E-state index in [9.17, 15) is 23.4 Å². The van der Waals surface area contributed by atoms with Crippen molar-refractivity contribution in [2.75, 3.05) is 0 Å². The van der Waals surface area contributed by atoms with Crippen LogP contribution >= 0.6 is 0 Å². The van der Waals surface area contributed by atoms with Gasteiger partial charge in [0.15, 0.2) is 5.60 Å². The summed E-state index contributed by atoms with van der Waals surface area (Å²) in [4.78, 5) is 0. The van der Waals surface area contributed by atoms with Crippen LogP contribution in [0.15, 0.2) is 0 Å². The molecule has 0 aliphatic heterocycles. The minimum Gasteiger partial charge on any atom is -0.390 e. The van der Waals surface area contributed by atoms with Crippen molar-refractivity contribution in [1.82, 2.24) is 0 Å². The van der Waals surface area contributed by atoms with E-state index in [0.717, 1.165) is 63.7 Å². The van der Waals surface area contributed by atoms with Gasteiger partial charge in [0.1, 0.15) is 0 Å². The predicted octanol–water partition coefficient (Wildman–Crippen LogP) is 8.93. The molecule has 0 aromatic carbocycles. The van der Waals surface area contributed by atoms with Gasteiger partial charge in [-0.1, -0.05) is 34.6 Å². The average Bonchev–Trinajstić information content (AvgIpc) is 3.20. The smallest absolute Gasteiger partial charge is 0.390 e. The molecule has 2 N–H and O–H groups in total. The van der Waals surface area contributed by atoms with E-state index in [4.69, 9.17) is 0 Å². The van der Waals surface area contributed by atoms with Gasteiger partial charge in [0.2, 0.25) is 0 Å². The van der Waals surface area contributed by atoms with Crippen LogP contribution in [-0.4, -0.2) is 27.6 Å². The number of hydrogen-bond acceptors (Lipinski definition) is 2. The normalized spacial score (nSPS) is 50.3. The molecule has 0 radical (unpaired) electrons. The molecule has 38 heavy (non-hydrogen) atoms. The third kappa shape index (κ3) is 4.80. The molecule has 5 rings (SSSR count). The summed E-state index contributed by atoms with van der Waals surface area (Å²) in [6.07, 6.45) is 8.79. The zero-order valence-corrected chi connectivity index (χ0v) is 24.8. The molecule has 0 spiro atoms. The van der Waals surface area contributed by atoms with Gasteiger partial charge >= 0.3 is 6.18 Å². The fourth-order valence-electron chi connectivity index (χ4n) is 11.3. The Bertz CT molecular complexity index is 848. The Hall–Kier alpha value is -0.290. The first-order valence-electron chi connectivity index (χ1n) is 16.1. The average molecular weight is 541 g/mol. The lowest BCUT2D eigenvalue weighted by Gasteiger charge is -2.62. The maximum atomic E-state index is 13.7. The summed E-state index contributed by atoms with van der Waals surface area (Å²) < 4.78 is 41.0. The van der Waals surface area contributed by atoms with Crippen LogP contribution < -0.4 is 0 Å². The van der Waals surface area contributed by atoms with Gasteiger partial charge in [-0.3, -0.25) is 0 Å². The lowest BCUT2D eigenvalue weighted by Crippen LogP contribution is -2.59. The standard InChI is InChI=1S/C33H55F3O2/c1-21(2)23-11-16-31(37,17-12-23)15-10-22(3)26-8-9-27-25-7-6-24-20-32(38,33(34,35)36)19-18-29(24,4)28(25)13-14-30(26,27)5/h21-28,37-38H,6-20H2,1-5H3/t22-,23-,24+,25+,26-,27+,28+,29+,30-,31+,32+/m1/s1. The Balaban J connectivity index is 1.22. The Morgan fingerprint density at radius 2 is 1.42 bits per heavy atom. The zero-order valence-electron chi connectivity index (χ0n) is 24.8. The van der Waals surface area contributed by atoms with E-state index in [1.54, 1.807) is 0 Å². The first-order valence-corrected chi connectivity index (χ1v) is 16.1. The van der Waals surface area contributed by atoms with Crippen LogP contribution in [0, 0.1) is 58.2 Å². The first kappa shape index (κ1) is 29.2. The summed E-state index contributed by atoms with van der Waals surface area (Å²) >= 11 is 0. The second-order valence-electron chi connectivity index (χ2n) is 15.9. The van der Waals surface area contributed by atoms with Gasteiger partial charge in [-0.05, 0) is 154 Å². The highest BCUT2D eigenvalue weighted by atomic mass is 19.4. The molecule has 0 aromatic heterocycles. The molecular weight excluding hydrogens is 485 g/mol. The molecule has 5 saturated carbocycles. The number of fused-ring (bicyclic) bond motifs is 5. The quantitative estimate of drug-likeness (QED) is 0.365. The monoisotopic (exact) mass is 540 g/mol. The van der Waals surface area contributed by atoms with Gasteiger partial charge in [0.25, 0.3) is 0 Å². The van der Waals surface area contributed by atoms with Gasteiger partial charge in [-0.2, -0.15) is 13.2 Å². The zero-order chi connectivity index (χ0) is 27.7. The summed E-state index contributed by atoms with van der Waals surface area (Å²) in [5.41, 5.74) is -2.70. The molecule has 5 heteroatoms. The molecular formula is C33H55F3O2. The van der Waals surface area contributed by atoms with Gasteiger partial charge in [0.05, 0.1) is 5.60 Å². The topological polar surface area (TPSA) is 40.5 Å². The SMILES string of the molecule is CC(C)[C@H]1CC[C@](O)(CC[C@@H](C)[C@H]2CC[C@H]3[C@@H]4CC[C@H]5C[C@](O)(C(F)(F)F)CC[C@]5(C)[C@H]4CC[C@]23C)CC1. The van der Waals surface area contributed by atoms with Crippen molar-refractivity contribution in [2.45, 2.75) is 148 Å². The Kier molecular flexibility index (Phi) is 7.62. The van der Waals surface area contributed by atoms with E-state index >= 15 is 0 Å². The summed E-state index contributed by atoms with van der Waals surface area (Å²) in [6, 6.07) is 0. The van der Waals surface area contributed by atoms with E-state index in [0.29, 0.717) is 47.3 Å². The highest BCUT2D eigenvalue weighted by Gasteiger charge is 2.65. The highest BCUT2D eigenvalue weighted by molar-refractivity contribution is 5.11. The summed E-state index contributed by atoms with van der Waals surface area (Å²) in [7, 11) is 0. The maximum absolute atomic E-state index is 13.7. The van der Waals surface area contributed by atoms with Crippen molar-refractivity contribution < 1.29 is 23.4 Å². The Morgan fingerprint density at radius 3 is 2.05 bits per heavy atom. The van der Waals surface area contributed by atoms with Crippen LogP contribution in [0.25, 0.3) is 0 Å². The molecule has 0 heterocycles. The van der Waals surface area contributed by atoms with Crippen LogP contribution in [-0.2, 0) is 0 Å². The van der Waals surface area contributed by atoms with E-state index in [-0.39, 0.29) is 24.2 Å². The summed E-state index contributed by atoms with van der Waals surface area (Å²) in [5, 5.41) is 21.9. The van der Waals surface area contributed by atoms with Crippen molar-refractivity contribution in [2.24, 2.45) is 58.2 Å². The third-order valence-corrected chi connectivity index (χ3v) is 14.0. The minimum atomic E-state index is -4.52. The molecule has 0 amide bonds. The number of halogens is 3. The van der Waals surface area contributed by atoms with Crippen LogP contribution in [0.5, 0.6) is 0 Å². The van der Waals surface area contributed by atoms with E-state index in [2.05, 4.69) is 34.6 Å². The number of alkyl halides is 3. The van der Waals surface area contributed by atoms with Crippen molar-refractivity contribution in [3.63, 3.8) is 0 Å². The fraction of sp³-hybridized carbons (Fsp3) is 1.00. The van der Waals surface area contributed by atoms with Gasteiger partial charge in [-0.25, -0.2) is 0 Å². The van der Waals surface area contributed by atoms with Crippen LogP contribution in [0.1, 0.15) is 131 Å². The number of rotatable bonds is 5. The first-order chi connectivity index (χ1) is 17.6. The second-order valence-corrected chi connectivity index (χ2v) is 15.9. The summed E-state index contributed by atoms with van der Waals surface area (Å²) in [5.74, 6) is 4.57. The third-order valence-electron chi connectivity index (χ3n) is 14.0. The predicted molar refractivity (Wildman–Crippen MR) is 146 cm³/mol. The van der Waals surface area contributed by atoms with E-state index < -0.39 is 17.4 Å². The van der Waals surface area contributed by atoms with Crippen LogP contribution in [0.4, 0.5) is 13.2 Å². The van der Waals surface area contributed by atoms with Crippen molar-refractivity contribution >= 4 is 0 Å². The Labute approximate surface area is 229 Å². The molecule has 5 aliphatic rings. The van der Waals surface area contributed by atoms with E-state index in [1.807, 2.05) is 0 Å². The van der Waals surface area contributed by atoms with Crippen molar-refractivity contribution in [3.05, 3.63) is 0 Å². The van der Waals surface area contributed by atoms with E-state index in [1.165, 1.54) is 19.3 Å². The molecule has 0 aromatic rings. The van der Waals surface area contributed by atoms with Crippen LogP contribution in [0.3, 0.4) is 0 Å². The number of hydrogen-bond donors (Lipinski definition) is 2. The molecule has 9 atom stereocenters. The molecule has 0 bridgehead atoms. The van der Waals surface area contributed by atoms with Crippen molar-refractivity contribution in [3.8, 4) is 0 Å². The fourth-order valence-corrected chi connectivity index (χ4v) is 11.3. The van der Waals surface area contributed by atoms with Crippen LogP contribution in [0.2, 0.25) is 0 Å². The second kappa shape index (κ2) is 9.92. The highest BCUT2D eigenvalue weighted by Crippen LogP contribution is 2.69. The molecule has 5 aliphatic carbocycles. The van der Waals surface area contributed by atoms with Gasteiger partial charge in [-0.15, -0.1) is 0 Å². The Morgan fingerprint density at radius 1 is 0.763 bits per heavy atom. The lowest BCUT2D eigenvalue weighted by atomic mass is 9.43. The molecule has 220 valence electrons. The summed E-state index contributed by atoms with van der Waals surface area (Å²) in [6.45, 7) is 11.9. The van der Waals surface area contributed by atoms with Crippen molar-refractivity contribution in [1.29, 1.82) is 0 Å². The molecule has 0 unspecified atom stereocenters. The molecule has 0 saturated heterocycles. The minimum absolute atomic E-state index is 0.0175. The molecule has 2 nitrogen and oxygen atoms in total. The lowest BCUT2D eigenvalue weighted by molar-refractivity contribution is -0.290. The largest absolute Gasteiger partial charge is 0.417 e. The maximum Gasteiger partial charge on any atom is 0.417 e. The van der Waals surface area contributed by atoms with Gasteiger partial charge < -0.3 is 10.2 Å². The molecule has 5 fully saturated rings.